The van der Waals surface area contributed by atoms with Gasteiger partial charge in [-0.25, -0.2) is 9.13 Å². The van der Waals surface area contributed by atoms with Crippen molar-refractivity contribution in [3.8, 4) is 0 Å². The fraction of sp³-hybridized carbons (Fsp3) is 0.632. The zero-order valence-corrected chi connectivity index (χ0v) is 67.6. The summed E-state index contributed by atoms with van der Waals surface area (Å²) in [7, 11) is -10.0. The standard InChI is InChI=1S/C87H142O17P2/c1-5-9-13-17-21-25-29-32-35-38-40-43-45-48-52-55-59-63-67-71-84(89)97-77-82(103-86(91)73-69-65-61-57-51-28-24-20-16-12-8-4)79-101-105(93,94)99-75-81(88)76-100-106(95,96)102-80-83(104-87(92)74-70-66-62-58-54-50-47-42-37-34-31-27-23-19-15-11-7-3)78-98-85(90)72-68-64-60-56-53-49-46-44-41-39-36-33-30-26-22-18-14-10-6-2/h9,11,13,15,21-23,25-27,32-37,40-41,43-44,47-48,50,52,58-59,62-63,81-83,88H,5-8,10,12,14,16-20,24,28-31,38-39,42,45-46,49,51,53-57,60-61,64-80H2,1-4H3,(H,93,94)(H,95,96)/b13-9-,15-11-,25-21-,26-22-,27-23-,35-32-,36-33-,37-34-,43-40-,44-41-,50-47-,52-48-,62-58-,63-59-. The summed E-state index contributed by atoms with van der Waals surface area (Å²) in [6.07, 6.45) is 92.2. The van der Waals surface area contributed by atoms with Gasteiger partial charge >= 0.3 is 39.5 Å². The van der Waals surface area contributed by atoms with Gasteiger partial charge < -0.3 is 33.8 Å². The molecule has 0 aliphatic carbocycles. The lowest BCUT2D eigenvalue weighted by molar-refractivity contribution is -0.161. The number of hydrogen-bond donors (Lipinski definition) is 3. The molecule has 0 aromatic heterocycles. The Kier molecular flexibility index (Phi) is 73.5. The molecule has 0 spiro atoms. The van der Waals surface area contributed by atoms with Crippen molar-refractivity contribution in [2.75, 3.05) is 39.6 Å². The smallest absolute Gasteiger partial charge is 0.462 e. The molecular formula is C87H142O17P2. The molecule has 0 aliphatic heterocycles. The lowest BCUT2D eigenvalue weighted by Gasteiger charge is -2.21. The first kappa shape index (κ1) is 100. The number of unbranched alkanes of at least 4 members (excludes halogenated alkanes) is 20. The molecule has 19 heteroatoms. The molecular weight excluding hydrogens is 1380 g/mol. The zero-order chi connectivity index (χ0) is 77.4. The lowest BCUT2D eigenvalue weighted by Crippen LogP contribution is -2.30. The predicted molar refractivity (Wildman–Crippen MR) is 436 cm³/mol. The van der Waals surface area contributed by atoms with E-state index in [1.807, 2.05) is 30.4 Å². The maximum Gasteiger partial charge on any atom is 0.472 e. The molecule has 0 saturated carbocycles. The van der Waals surface area contributed by atoms with Crippen LogP contribution in [0.25, 0.3) is 0 Å². The minimum atomic E-state index is -5.01. The monoisotopic (exact) mass is 1520 g/mol. The average molecular weight is 1520 g/mol. The molecule has 0 aliphatic rings. The van der Waals surface area contributed by atoms with Gasteiger partial charge in [-0.15, -0.1) is 0 Å². The van der Waals surface area contributed by atoms with Crippen LogP contribution in [0.3, 0.4) is 0 Å². The van der Waals surface area contributed by atoms with Crippen LogP contribution in [-0.2, 0) is 65.4 Å². The van der Waals surface area contributed by atoms with Crippen molar-refractivity contribution in [2.45, 2.75) is 316 Å². The fourth-order valence-electron chi connectivity index (χ4n) is 10.1. The van der Waals surface area contributed by atoms with Crippen LogP contribution in [0.2, 0.25) is 0 Å². The Balaban J connectivity index is 5.46. The fourth-order valence-corrected chi connectivity index (χ4v) is 11.7. The highest BCUT2D eigenvalue weighted by Crippen LogP contribution is 2.45. The van der Waals surface area contributed by atoms with E-state index in [2.05, 4.69) is 167 Å². The molecule has 3 N–H and O–H groups in total. The second-order valence-electron chi connectivity index (χ2n) is 26.2. The van der Waals surface area contributed by atoms with Crippen LogP contribution in [0.1, 0.15) is 297 Å². The Morgan fingerprint density at radius 2 is 0.519 bits per heavy atom. The van der Waals surface area contributed by atoms with Crippen LogP contribution in [0, 0.1) is 0 Å². The number of allylic oxidation sites excluding steroid dienone is 28. The summed E-state index contributed by atoms with van der Waals surface area (Å²) in [5.74, 6) is -2.36. The van der Waals surface area contributed by atoms with Crippen molar-refractivity contribution in [3.63, 3.8) is 0 Å². The second-order valence-corrected chi connectivity index (χ2v) is 29.2. The zero-order valence-electron chi connectivity index (χ0n) is 65.8. The number of phosphoric ester groups is 2. The molecule has 0 aromatic carbocycles. The van der Waals surface area contributed by atoms with Gasteiger partial charge in [0.2, 0.25) is 0 Å². The van der Waals surface area contributed by atoms with E-state index in [0.29, 0.717) is 38.5 Å². The summed E-state index contributed by atoms with van der Waals surface area (Å²) >= 11 is 0. The quantitative estimate of drug-likeness (QED) is 0.0169. The van der Waals surface area contributed by atoms with Gasteiger partial charge in [-0.2, -0.15) is 0 Å². The SMILES string of the molecule is CC/C=C\C/C=C\C/C=C\C/C=C\C/C=C\C/C=C\CCC(=O)OCC(COP(=O)(O)OCC(O)COP(=O)(O)OCC(COC(=O)CCCCCCCC/C=C\C/C=C\C/C=C\CCCCC)OC(=O)CCC/C=C\C/C=C\C/C=C\C/C=C\C/C=C\CC)OC(=O)CCCCCCCCCCCCC. The molecule has 0 heterocycles. The third-order valence-electron chi connectivity index (χ3n) is 16.2. The molecule has 0 rings (SSSR count). The minimum absolute atomic E-state index is 0.00665. The van der Waals surface area contributed by atoms with Crippen molar-refractivity contribution in [3.05, 3.63) is 170 Å². The Morgan fingerprint density at radius 3 is 0.868 bits per heavy atom. The molecule has 0 radical (unpaired) electrons. The van der Waals surface area contributed by atoms with Crippen LogP contribution < -0.4 is 0 Å². The Labute approximate surface area is 642 Å². The van der Waals surface area contributed by atoms with Gasteiger partial charge in [0, 0.05) is 25.7 Å². The van der Waals surface area contributed by atoms with E-state index in [9.17, 15) is 43.2 Å². The molecule has 0 bridgehead atoms. The first-order valence-corrected chi connectivity index (χ1v) is 43.4. The molecule has 0 fully saturated rings. The van der Waals surface area contributed by atoms with E-state index >= 15 is 0 Å². The molecule has 0 amide bonds. The molecule has 602 valence electrons. The van der Waals surface area contributed by atoms with Gasteiger partial charge in [0.25, 0.3) is 0 Å². The number of rotatable bonds is 74. The number of phosphoric acid groups is 2. The van der Waals surface area contributed by atoms with Gasteiger partial charge in [-0.3, -0.25) is 37.3 Å². The van der Waals surface area contributed by atoms with Crippen molar-refractivity contribution in [1.29, 1.82) is 0 Å². The molecule has 0 saturated heterocycles. The summed E-state index contributed by atoms with van der Waals surface area (Å²) in [4.78, 5) is 73.0. The van der Waals surface area contributed by atoms with Crippen molar-refractivity contribution >= 4 is 39.5 Å². The van der Waals surface area contributed by atoms with Crippen molar-refractivity contribution < 1.29 is 80.2 Å². The molecule has 5 atom stereocenters. The van der Waals surface area contributed by atoms with Gasteiger partial charge in [-0.05, 0) is 141 Å². The third kappa shape index (κ3) is 76.6. The molecule has 5 unspecified atom stereocenters. The van der Waals surface area contributed by atoms with E-state index < -0.39 is 97.5 Å². The highest BCUT2D eigenvalue weighted by Gasteiger charge is 2.30. The summed E-state index contributed by atoms with van der Waals surface area (Å²) < 4.78 is 68.4. The van der Waals surface area contributed by atoms with Crippen LogP contribution >= 0.6 is 15.6 Å². The first-order valence-electron chi connectivity index (χ1n) is 40.4. The third-order valence-corrected chi connectivity index (χ3v) is 18.1. The minimum Gasteiger partial charge on any atom is -0.462 e. The van der Waals surface area contributed by atoms with E-state index in [-0.39, 0.29) is 25.7 Å². The number of esters is 4. The van der Waals surface area contributed by atoms with Crippen LogP contribution in [0.4, 0.5) is 0 Å². The number of hydrogen-bond acceptors (Lipinski definition) is 15. The topological polar surface area (TPSA) is 237 Å². The normalized spacial score (nSPS) is 14.7. The highest BCUT2D eigenvalue weighted by molar-refractivity contribution is 7.47. The van der Waals surface area contributed by atoms with Crippen LogP contribution in [-0.4, -0.2) is 96.7 Å². The van der Waals surface area contributed by atoms with Crippen LogP contribution in [0.5, 0.6) is 0 Å². The summed E-state index contributed by atoms with van der Waals surface area (Å²) in [6, 6.07) is 0. The summed E-state index contributed by atoms with van der Waals surface area (Å²) in [6.45, 7) is 4.44. The molecule has 106 heavy (non-hydrogen) atoms. The maximum atomic E-state index is 13.1. The Hall–Kier alpha value is -5.58. The number of carbonyl (C=O) groups excluding carboxylic acids is 4. The number of aliphatic hydroxyl groups is 1. The van der Waals surface area contributed by atoms with E-state index in [1.165, 1.54) is 57.8 Å². The van der Waals surface area contributed by atoms with Gasteiger partial charge in [-0.1, -0.05) is 301 Å². The molecule has 17 nitrogen and oxygen atoms in total. The van der Waals surface area contributed by atoms with E-state index in [0.717, 1.165) is 148 Å². The lowest BCUT2D eigenvalue weighted by atomic mass is 10.1. The number of carbonyl (C=O) groups is 4. The Morgan fingerprint density at radius 1 is 0.274 bits per heavy atom. The van der Waals surface area contributed by atoms with Gasteiger partial charge in [0.15, 0.2) is 12.2 Å². The van der Waals surface area contributed by atoms with Crippen molar-refractivity contribution in [1.82, 2.24) is 0 Å². The van der Waals surface area contributed by atoms with Crippen molar-refractivity contribution in [2.24, 2.45) is 0 Å². The summed E-state index contributed by atoms with van der Waals surface area (Å²) in [5.41, 5.74) is 0. The second kappa shape index (κ2) is 77.6. The number of ether oxygens (including phenoxy) is 4. The van der Waals surface area contributed by atoms with Gasteiger partial charge in [0.1, 0.15) is 19.3 Å². The number of aliphatic hydroxyl groups excluding tert-OH is 1. The first-order chi connectivity index (χ1) is 51.7. The van der Waals surface area contributed by atoms with E-state index in [4.69, 9.17) is 37.0 Å². The van der Waals surface area contributed by atoms with E-state index in [1.54, 1.807) is 0 Å². The van der Waals surface area contributed by atoms with Gasteiger partial charge in [0.05, 0.1) is 26.4 Å². The average Bonchev–Trinajstić information content (AvgIpc) is 0.901. The largest absolute Gasteiger partial charge is 0.472 e. The predicted octanol–water partition coefficient (Wildman–Crippen LogP) is 23.8. The molecule has 0 aromatic rings. The summed E-state index contributed by atoms with van der Waals surface area (Å²) in [5, 5.41) is 10.6. The Bertz CT molecular complexity index is 2680. The van der Waals surface area contributed by atoms with Crippen LogP contribution in [0.15, 0.2) is 170 Å². The maximum absolute atomic E-state index is 13.1. The highest BCUT2D eigenvalue weighted by atomic mass is 31.2.